The number of carbonyl (C=O) groups excluding carboxylic acids is 1. The Balaban J connectivity index is 0. The molecule has 0 aromatic heterocycles. The zero-order chi connectivity index (χ0) is 12.2. The number of halogens is 1. The molecule has 1 aromatic rings. The van der Waals surface area contributed by atoms with Crippen LogP contribution in [0.25, 0.3) is 0 Å². The van der Waals surface area contributed by atoms with Crippen molar-refractivity contribution < 1.29 is 25.2 Å². The number of carbonyl (C=O) groups is 1. The molecule has 0 aliphatic carbocycles. The number of esters is 1. The fourth-order valence-electron chi connectivity index (χ4n) is 1.08. The Labute approximate surface area is 122 Å². The normalized spacial score (nSPS) is 11.9. The fourth-order valence-corrected chi connectivity index (χ4v) is 2.47. The van der Waals surface area contributed by atoms with Crippen molar-refractivity contribution >= 4 is 19.8 Å². The molecule has 18 heavy (non-hydrogen) atoms. The van der Waals surface area contributed by atoms with Crippen molar-refractivity contribution in [3.63, 3.8) is 0 Å². The number of rotatable bonds is 2. The van der Waals surface area contributed by atoms with Crippen LogP contribution in [0.15, 0.2) is 30.3 Å². The average molecular weight is 359 g/mol. The van der Waals surface area contributed by atoms with Gasteiger partial charge < -0.3 is 14.9 Å². The zero-order valence-electron chi connectivity index (χ0n) is 11.4. The van der Waals surface area contributed by atoms with Gasteiger partial charge in [0.25, 0.3) is 0 Å². The number of hydrogen-bond acceptors (Lipinski definition) is 2. The summed E-state index contributed by atoms with van der Waals surface area (Å²) in [6.45, 7) is 5.53. The van der Waals surface area contributed by atoms with Gasteiger partial charge in [0.2, 0.25) is 0 Å². The molecule has 0 radical (unpaired) electrons. The van der Waals surface area contributed by atoms with Crippen LogP contribution in [0.1, 0.15) is 26.3 Å². The molecule has 0 saturated heterocycles. The van der Waals surface area contributed by atoms with Crippen LogP contribution >= 0.6 is 9.69 Å². The van der Waals surface area contributed by atoms with Crippen molar-refractivity contribution in [2.45, 2.75) is 26.4 Å². The van der Waals surface area contributed by atoms with Gasteiger partial charge in [0.05, 0.1) is 0 Å². The molecule has 1 rings (SSSR count). The van der Waals surface area contributed by atoms with E-state index in [4.69, 9.17) is 14.4 Å². The zero-order valence-corrected chi connectivity index (χ0v) is 13.8. The third-order valence-corrected chi connectivity index (χ3v) is 3.51. The second-order valence-corrected chi connectivity index (χ2v) is 6.10. The van der Waals surface area contributed by atoms with Gasteiger partial charge in [-0.15, -0.1) is 0 Å². The monoisotopic (exact) mass is 358 g/mol. The SMILES string of the molecule is CC(C)(C)OC(=O)[C](=[Rh][Cl])c1ccccc1.[CH3-].[CH3-]. The molecule has 0 fully saturated rings. The molecule has 0 bridgehead atoms. The summed E-state index contributed by atoms with van der Waals surface area (Å²) in [6, 6.07) is 9.39. The molecule has 0 atom stereocenters. The van der Waals surface area contributed by atoms with E-state index < -0.39 is 21.3 Å². The van der Waals surface area contributed by atoms with Gasteiger partial charge in [-0.25, -0.2) is 0 Å². The largest absolute Gasteiger partial charge is 0.358 e. The summed E-state index contributed by atoms with van der Waals surface area (Å²) >= 11 is -0.465. The summed E-state index contributed by atoms with van der Waals surface area (Å²) < 4.78 is 5.87. The topological polar surface area (TPSA) is 26.3 Å². The second kappa shape index (κ2) is 8.55. The molecule has 0 heterocycles. The summed E-state index contributed by atoms with van der Waals surface area (Å²) in [6.07, 6.45) is 0. The molecule has 0 spiro atoms. The Morgan fingerprint density at radius 3 is 2.06 bits per heavy atom. The van der Waals surface area contributed by atoms with Crippen LogP contribution in [-0.2, 0) is 25.2 Å². The maximum absolute atomic E-state index is 11.9. The van der Waals surface area contributed by atoms with Gasteiger partial charge in [0.15, 0.2) is 0 Å². The quantitative estimate of drug-likeness (QED) is 0.458. The molecule has 0 aliphatic rings. The van der Waals surface area contributed by atoms with Gasteiger partial charge in [-0.1, -0.05) is 0 Å². The number of ether oxygens (including phenoxy) is 1. The van der Waals surface area contributed by atoms with Crippen molar-refractivity contribution in [2.75, 3.05) is 0 Å². The van der Waals surface area contributed by atoms with Gasteiger partial charge in [-0.05, 0) is 0 Å². The molecule has 0 amide bonds. The van der Waals surface area contributed by atoms with Crippen molar-refractivity contribution in [3.05, 3.63) is 50.7 Å². The molecule has 0 unspecified atom stereocenters. The maximum Gasteiger partial charge on any atom is -0.358 e. The summed E-state index contributed by atoms with van der Waals surface area (Å²) in [5.41, 5.74) is 0.357. The van der Waals surface area contributed by atoms with Crippen molar-refractivity contribution in [2.24, 2.45) is 0 Å². The molecule has 1 aromatic carbocycles. The molecule has 0 N–H and O–H groups in total. The van der Waals surface area contributed by atoms with E-state index in [1.54, 1.807) is 0 Å². The fraction of sp³-hybridized carbons (Fsp3) is 0.286. The van der Waals surface area contributed by atoms with Gasteiger partial charge in [-0.3, -0.25) is 0 Å². The van der Waals surface area contributed by atoms with Gasteiger partial charge >= 0.3 is 107 Å². The van der Waals surface area contributed by atoms with E-state index in [1.807, 2.05) is 51.1 Å². The van der Waals surface area contributed by atoms with Crippen molar-refractivity contribution in [1.82, 2.24) is 0 Å². The van der Waals surface area contributed by atoms with Gasteiger partial charge in [0.1, 0.15) is 0 Å². The molecular formula is C14H20ClO2Rh-2. The first-order chi connectivity index (χ1) is 7.44. The first kappa shape index (κ1) is 19.8. The van der Waals surface area contributed by atoms with Crippen LogP contribution in [0.4, 0.5) is 0 Å². The van der Waals surface area contributed by atoms with Gasteiger partial charge in [-0.2, -0.15) is 0 Å². The van der Waals surface area contributed by atoms with E-state index >= 15 is 0 Å². The van der Waals surface area contributed by atoms with E-state index in [1.165, 1.54) is 0 Å². The minimum absolute atomic E-state index is 0. The van der Waals surface area contributed by atoms with E-state index in [2.05, 4.69) is 0 Å². The molecule has 0 aliphatic heterocycles. The molecule has 0 saturated carbocycles. The molecule has 2 nitrogen and oxygen atoms in total. The Morgan fingerprint density at radius 2 is 1.67 bits per heavy atom. The Morgan fingerprint density at radius 1 is 1.17 bits per heavy atom. The number of benzene rings is 1. The Bertz CT molecular complexity index is 394. The van der Waals surface area contributed by atoms with Gasteiger partial charge in [0, 0.05) is 0 Å². The van der Waals surface area contributed by atoms with Crippen molar-refractivity contribution in [3.8, 4) is 0 Å². The van der Waals surface area contributed by atoms with Crippen LogP contribution < -0.4 is 0 Å². The third-order valence-electron chi connectivity index (χ3n) is 1.65. The van der Waals surface area contributed by atoms with Crippen LogP contribution in [0.2, 0.25) is 0 Å². The van der Waals surface area contributed by atoms with E-state index in [9.17, 15) is 4.79 Å². The van der Waals surface area contributed by atoms with Crippen LogP contribution in [0.3, 0.4) is 0 Å². The molecule has 4 heteroatoms. The molecular weight excluding hydrogens is 339 g/mol. The summed E-state index contributed by atoms with van der Waals surface area (Å²) in [5, 5.41) is 0. The van der Waals surface area contributed by atoms with Crippen molar-refractivity contribution in [1.29, 1.82) is 0 Å². The summed E-state index contributed by atoms with van der Waals surface area (Å²) in [7, 11) is 5.86. The predicted octanol–water partition coefficient (Wildman–Crippen LogP) is 3.69. The average Bonchev–Trinajstić information content (AvgIpc) is 2.17. The smallest absolute Gasteiger partial charge is 0.358 e. The summed E-state index contributed by atoms with van der Waals surface area (Å²) in [5.74, 6) is -0.322. The second-order valence-electron chi connectivity index (χ2n) is 4.22. The standard InChI is InChI=1S/C12H14O2.2CH3.ClH.Rh/c1-12(2,3)14-11(13)9-10-7-5-4-6-8-10;;;;/h4-8H,1-3H3;2*1H3;1H;/q;2*-1;;+1/p-1. The maximum atomic E-state index is 11.9. The first-order valence-corrected chi connectivity index (χ1v) is 7.75. The third kappa shape index (κ3) is 6.42. The summed E-state index contributed by atoms with van der Waals surface area (Å²) in [4.78, 5) is 11.9. The van der Waals surface area contributed by atoms with E-state index in [-0.39, 0.29) is 20.8 Å². The molecule has 106 valence electrons. The number of hydrogen-bond donors (Lipinski definition) is 0. The predicted molar refractivity (Wildman–Crippen MR) is 75.1 cm³/mol. The Kier molecular flexibility index (Phi) is 9.41. The van der Waals surface area contributed by atoms with E-state index in [0.717, 1.165) is 5.56 Å². The van der Waals surface area contributed by atoms with E-state index in [0.29, 0.717) is 4.11 Å². The minimum atomic E-state index is -0.486. The Hall–Kier alpha value is -0.527. The van der Waals surface area contributed by atoms with Crippen LogP contribution in [0, 0.1) is 14.9 Å². The van der Waals surface area contributed by atoms with Crippen LogP contribution in [-0.4, -0.2) is 15.7 Å². The first-order valence-electron chi connectivity index (χ1n) is 4.82. The van der Waals surface area contributed by atoms with Crippen LogP contribution in [0.5, 0.6) is 0 Å². The minimum Gasteiger partial charge on any atom is -0.358 e.